The number of rotatable bonds is 3. The lowest BCUT2D eigenvalue weighted by molar-refractivity contribution is 0.423. The average molecular weight is 339 g/mol. The molecule has 8 heteroatoms. The zero-order valence-corrected chi connectivity index (χ0v) is 11.9. The van der Waals surface area contributed by atoms with Crippen molar-refractivity contribution < 1.29 is 21.9 Å². The van der Waals surface area contributed by atoms with Crippen LogP contribution in [0, 0.1) is 11.6 Å². The molecule has 0 heterocycles. The lowest BCUT2D eigenvalue weighted by atomic mass is 10.3. The van der Waals surface area contributed by atoms with Gasteiger partial charge < -0.3 is 4.74 Å². The van der Waals surface area contributed by atoms with Crippen LogP contribution in [0.5, 0.6) is 11.5 Å². The van der Waals surface area contributed by atoms with Crippen molar-refractivity contribution in [1.82, 2.24) is 0 Å². The van der Waals surface area contributed by atoms with Crippen LogP contribution in [0.4, 0.5) is 8.78 Å². The third-order valence-corrected chi connectivity index (χ3v) is 3.98. The maximum atomic E-state index is 13.9. The molecule has 0 saturated heterocycles. The molecule has 0 spiro atoms. The van der Waals surface area contributed by atoms with Crippen LogP contribution < -0.4 is 4.74 Å². The van der Waals surface area contributed by atoms with Crippen molar-refractivity contribution in [3.63, 3.8) is 0 Å². The van der Waals surface area contributed by atoms with Crippen molar-refractivity contribution in [2.24, 2.45) is 0 Å². The van der Waals surface area contributed by atoms with E-state index in [1.807, 2.05) is 0 Å². The Bertz CT molecular complexity index is 749. The van der Waals surface area contributed by atoms with Gasteiger partial charge in [-0.2, -0.15) is 0 Å². The predicted octanol–water partition coefficient (Wildman–Crippen LogP) is 4.34. The molecule has 3 nitrogen and oxygen atoms in total. The lowest BCUT2D eigenvalue weighted by Crippen LogP contribution is -2.01. The summed E-state index contributed by atoms with van der Waals surface area (Å²) in [7, 11) is 0.735. The van der Waals surface area contributed by atoms with Crippen molar-refractivity contribution in [1.29, 1.82) is 0 Å². The van der Waals surface area contributed by atoms with Gasteiger partial charge in [-0.05, 0) is 18.2 Å². The largest absolute Gasteiger partial charge is 0.453 e. The average Bonchev–Trinajstić information content (AvgIpc) is 2.39. The summed E-state index contributed by atoms with van der Waals surface area (Å²) in [5.41, 5.74) is 0. The third kappa shape index (κ3) is 3.03. The van der Waals surface area contributed by atoms with Crippen LogP contribution in [0.3, 0.4) is 0 Å². The van der Waals surface area contributed by atoms with Gasteiger partial charge >= 0.3 is 0 Å². The monoisotopic (exact) mass is 338 g/mol. The number of hydrogen-bond donors (Lipinski definition) is 0. The minimum Gasteiger partial charge on any atom is -0.453 e. The number of benzene rings is 2. The second kappa shape index (κ2) is 5.55. The molecule has 20 heavy (non-hydrogen) atoms. The van der Waals surface area contributed by atoms with E-state index in [2.05, 4.69) is 0 Å². The molecule has 2 aromatic rings. The van der Waals surface area contributed by atoms with Gasteiger partial charge in [0.1, 0.15) is 21.5 Å². The molecular weight excluding hydrogens is 333 g/mol. The van der Waals surface area contributed by atoms with Crippen LogP contribution in [-0.4, -0.2) is 8.42 Å². The Balaban J connectivity index is 2.65. The molecule has 0 radical (unpaired) electrons. The molecule has 0 atom stereocenters. The SMILES string of the molecule is O=S(=O)(Cl)c1cc(F)c(Cl)c(F)c1Oc1ccccc1. The van der Waals surface area contributed by atoms with Gasteiger partial charge in [-0.1, -0.05) is 29.8 Å². The smallest absolute Gasteiger partial charge is 0.265 e. The first-order valence-electron chi connectivity index (χ1n) is 5.15. The summed E-state index contributed by atoms with van der Waals surface area (Å²) in [6.07, 6.45) is 0. The van der Waals surface area contributed by atoms with Crippen LogP contribution in [0.25, 0.3) is 0 Å². The molecule has 0 fully saturated rings. The first kappa shape index (κ1) is 15.0. The summed E-state index contributed by atoms with van der Waals surface area (Å²) < 4.78 is 55.1. The molecule has 0 aliphatic rings. The Morgan fingerprint density at radius 1 is 1.10 bits per heavy atom. The standard InChI is InChI=1S/C12H6Cl2F2O3S/c13-10-8(15)6-9(20(14,17)18)12(11(10)16)19-7-4-2-1-3-5-7/h1-6H. The molecule has 0 unspecified atom stereocenters. The Labute approximate surface area is 123 Å². The van der Waals surface area contributed by atoms with Gasteiger partial charge in [0.15, 0.2) is 11.6 Å². The summed E-state index contributed by atoms with van der Waals surface area (Å²) in [5.74, 6) is -3.19. The topological polar surface area (TPSA) is 43.4 Å². The van der Waals surface area contributed by atoms with E-state index in [0.29, 0.717) is 6.07 Å². The highest BCUT2D eigenvalue weighted by Gasteiger charge is 2.26. The van der Waals surface area contributed by atoms with Gasteiger partial charge in [-0.15, -0.1) is 0 Å². The van der Waals surface area contributed by atoms with Crippen molar-refractivity contribution in [2.45, 2.75) is 4.90 Å². The third-order valence-electron chi connectivity index (χ3n) is 2.31. The van der Waals surface area contributed by atoms with E-state index in [9.17, 15) is 17.2 Å². The molecule has 106 valence electrons. The van der Waals surface area contributed by atoms with Crippen molar-refractivity contribution in [3.8, 4) is 11.5 Å². The van der Waals surface area contributed by atoms with Crippen LogP contribution in [-0.2, 0) is 9.05 Å². The first-order valence-corrected chi connectivity index (χ1v) is 7.84. The number of ether oxygens (including phenoxy) is 1. The Morgan fingerprint density at radius 3 is 2.25 bits per heavy atom. The van der Waals surface area contributed by atoms with Crippen LogP contribution in [0.2, 0.25) is 5.02 Å². The summed E-state index contributed by atoms with van der Waals surface area (Å²) in [6, 6.07) is 8.29. The minimum atomic E-state index is -4.41. The molecule has 0 aliphatic carbocycles. The fourth-order valence-corrected chi connectivity index (χ4v) is 2.52. The molecule has 2 aromatic carbocycles. The Morgan fingerprint density at radius 2 is 1.70 bits per heavy atom. The predicted molar refractivity (Wildman–Crippen MR) is 70.9 cm³/mol. The lowest BCUT2D eigenvalue weighted by Gasteiger charge is -2.11. The second-order valence-electron chi connectivity index (χ2n) is 3.67. The van der Waals surface area contributed by atoms with E-state index in [1.54, 1.807) is 18.2 Å². The van der Waals surface area contributed by atoms with E-state index in [-0.39, 0.29) is 5.75 Å². The van der Waals surface area contributed by atoms with E-state index >= 15 is 0 Å². The maximum Gasteiger partial charge on any atom is 0.265 e. The van der Waals surface area contributed by atoms with Gasteiger partial charge in [0.2, 0.25) is 0 Å². The van der Waals surface area contributed by atoms with Gasteiger partial charge in [0, 0.05) is 10.7 Å². The first-order chi connectivity index (χ1) is 9.30. The highest BCUT2D eigenvalue weighted by atomic mass is 35.7. The van der Waals surface area contributed by atoms with Crippen LogP contribution in [0.1, 0.15) is 0 Å². The number of hydrogen-bond acceptors (Lipinski definition) is 3. The summed E-state index contributed by atoms with van der Waals surface area (Å²) in [6.45, 7) is 0. The normalized spacial score (nSPS) is 11.4. The highest BCUT2D eigenvalue weighted by Crippen LogP contribution is 2.38. The molecule has 0 amide bonds. The zero-order chi connectivity index (χ0) is 14.9. The number of para-hydroxylation sites is 1. The summed E-state index contributed by atoms with van der Waals surface area (Å²) in [5, 5.41) is -0.875. The fraction of sp³-hybridized carbons (Fsp3) is 0. The van der Waals surface area contributed by atoms with E-state index in [0.717, 1.165) is 0 Å². The summed E-state index contributed by atoms with van der Waals surface area (Å²) in [4.78, 5) is -0.831. The van der Waals surface area contributed by atoms with Gasteiger partial charge in [0.05, 0.1) is 0 Å². The molecule has 0 saturated carbocycles. The fourth-order valence-electron chi connectivity index (χ4n) is 1.44. The molecule has 0 aromatic heterocycles. The summed E-state index contributed by atoms with van der Waals surface area (Å²) >= 11 is 5.40. The van der Waals surface area contributed by atoms with Crippen LogP contribution >= 0.6 is 22.3 Å². The number of halogens is 4. The highest BCUT2D eigenvalue weighted by molar-refractivity contribution is 8.13. The van der Waals surface area contributed by atoms with Gasteiger partial charge in [-0.25, -0.2) is 17.2 Å². The molecule has 0 bridgehead atoms. The zero-order valence-electron chi connectivity index (χ0n) is 9.61. The second-order valence-corrected chi connectivity index (χ2v) is 6.58. The van der Waals surface area contributed by atoms with E-state index in [4.69, 9.17) is 27.0 Å². The Hall–Kier alpha value is -1.37. The molecular formula is C12H6Cl2F2O3S. The molecule has 0 N–H and O–H groups in total. The van der Waals surface area contributed by atoms with Gasteiger partial charge in [-0.3, -0.25) is 0 Å². The van der Waals surface area contributed by atoms with Crippen molar-refractivity contribution >= 4 is 31.3 Å². The van der Waals surface area contributed by atoms with Crippen molar-refractivity contribution in [2.75, 3.05) is 0 Å². The maximum absolute atomic E-state index is 13.9. The quantitative estimate of drug-likeness (QED) is 0.617. The van der Waals surface area contributed by atoms with E-state index in [1.165, 1.54) is 12.1 Å². The Kier molecular flexibility index (Phi) is 4.17. The van der Waals surface area contributed by atoms with Gasteiger partial charge in [0.25, 0.3) is 9.05 Å². The molecule has 0 aliphatic heterocycles. The van der Waals surface area contributed by atoms with Crippen LogP contribution in [0.15, 0.2) is 41.3 Å². The van der Waals surface area contributed by atoms with Crippen molar-refractivity contribution in [3.05, 3.63) is 53.1 Å². The molecule has 2 rings (SSSR count). The minimum absolute atomic E-state index is 0.149. The van der Waals surface area contributed by atoms with E-state index < -0.39 is 36.4 Å².